The molecule has 0 bridgehead atoms. The van der Waals surface area contributed by atoms with Crippen molar-refractivity contribution < 1.29 is 9.90 Å². The zero-order valence-corrected chi connectivity index (χ0v) is 11.4. The van der Waals surface area contributed by atoms with Crippen LogP contribution in [0, 0.1) is 0 Å². The molecule has 0 aromatic heterocycles. The Hall–Kier alpha value is -1.22. The standard InChI is InChI=1S/C15H18O2S/c1-18-12-8-9-13(14(10-12)15(16)17)11-6-4-2-3-5-7-11/h6,8-10H,2-5,7H2,1H3,(H,16,17). The third kappa shape index (κ3) is 2.96. The highest BCUT2D eigenvalue weighted by atomic mass is 32.2. The summed E-state index contributed by atoms with van der Waals surface area (Å²) in [4.78, 5) is 12.4. The van der Waals surface area contributed by atoms with Crippen molar-refractivity contribution in [3.05, 3.63) is 35.4 Å². The fourth-order valence-corrected chi connectivity index (χ4v) is 2.81. The first-order valence-electron chi connectivity index (χ1n) is 6.33. The van der Waals surface area contributed by atoms with Crippen molar-refractivity contribution >= 4 is 23.3 Å². The van der Waals surface area contributed by atoms with E-state index in [1.54, 1.807) is 17.8 Å². The Kier molecular flexibility index (Phi) is 4.48. The molecule has 2 rings (SSSR count). The van der Waals surface area contributed by atoms with Gasteiger partial charge in [0.25, 0.3) is 0 Å². The van der Waals surface area contributed by atoms with Crippen LogP contribution in [0.15, 0.2) is 29.2 Å². The number of hydrogen-bond acceptors (Lipinski definition) is 2. The number of aromatic carboxylic acids is 1. The number of rotatable bonds is 3. The normalized spacial score (nSPS) is 15.9. The molecule has 0 heterocycles. The third-order valence-corrected chi connectivity index (χ3v) is 4.07. The van der Waals surface area contributed by atoms with Crippen LogP contribution in [0.4, 0.5) is 0 Å². The van der Waals surface area contributed by atoms with Crippen LogP contribution in [-0.2, 0) is 0 Å². The molecular formula is C15H18O2S. The molecule has 0 amide bonds. The molecule has 0 saturated carbocycles. The van der Waals surface area contributed by atoms with Crippen LogP contribution in [0.25, 0.3) is 5.57 Å². The minimum Gasteiger partial charge on any atom is -0.478 e. The number of allylic oxidation sites excluding steroid dienone is 2. The summed E-state index contributed by atoms with van der Waals surface area (Å²) >= 11 is 1.58. The van der Waals surface area contributed by atoms with Gasteiger partial charge >= 0.3 is 5.97 Å². The quantitative estimate of drug-likeness (QED) is 0.817. The lowest BCUT2D eigenvalue weighted by Crippen LogP contribution is -2.02. The summed E-state index contributed by atoms with van der Waals surface area (Å²) in [6.45, 7) is 0. The van der Waals surface area contributed by atoms with Crippen LogP contribution in [0.3, 0.4) is 0 Å². The van der Waals surface area contributed by atoms with Gasteiger partial charge in [-0.25, -0.2) is 4.79 Å². The fraction of sp³-hybridized carbons (Fsp3) is 0.400. The van der Waals surface area contributed by atoms with Gasteiger partial charge in [0.1, 0.15) is 0 Å². The lowest BCUT2D eigenvalue weighted by Gasteiger charge is -2.11. The number of carboxylic acids is 1. The summed E-state index contributed by atoms with van der Waals surface area (Å²) in [5, 5.41) is 9.35. The number of carbonyl (C=O) groups is 1. The predicted octanol–water partition coefficient (Wildman–Crippen LogP) is 4.45. The monoisotopic (exact) mass is 262 g/mol. The van der Waals surface area contributed by atoms with Gasteiger partial charge in [0.2, 0.25) is 0 Å². The molecule has 0 radical (unpaired) electrons. The number of carboxylic acid groups (broad SMARTS) is 1. The van der Waals surface area contributed by atoms with Gasteiger partial charge in [-0.05, 0) is 55.2 Å². The van der Waals surface area contributed by atoms with Gasteiger partial charge in [-0.15, -0.1) is 11.8 Å². The summed E-state index contributed by atoms with van der Waals surface area (Å²) in [6, 6.07) is 5.76. The van der Waals surface area contributed by atoms with Crippen molar-refractivity contribution in [2.75, 3.05) is 6.26 Å². The SMILES string of the molecule is CSc1ccc(C2=CCCCCC2)c(C(=O)O)c1. The van der Waals surface area contributed by atoms with E-state index >= 15 is 0 Å². The summed E-state index contributed by atoms with van der Waals surface area (Å²) < 4.78 is 0. The predicted molar refractivity (Wildman–Crippen MR) is 76.2 cm³/mol. The average Bonchev–Trinajstić information content (AvgIpc) is 2.66. The van der Waals surface area contributed by atoms with Crippen molar-refractivity contribution in [3.63, 3.8) is 0 Å². The Morgan fingerprint density at radius 1 is 1.28 bits per heavy atom. The molecule has 1 aromatic rings. The average molecular weight is 262 g/mol. The molecule has 0 saturated heterocycles. The number of thioether (sulfide) groups is 1. The minimum atomic E-state index is -0.828. The van der Waals surface area contributed by atoms with Crippen LogP contribution >= 0.6 is 11.8 Å². The first-order chi connectivity index (χ1) is 8.72. The van der Waals surface area contributed by atoms with Crippen molar-refractivity contribution in [2.45, 2.75) is 37.0 Å². The molecule has 1 aromatic carbocycles. The number of benzene rings is 1. The van der Waals surface area contributed by atoms with E-state index in [1.807, 2.05) is 18.4 Å². The molecule has 2 nitrogen and oxygen atoms in total. The molecule has 0 aliphatic heterocycles. The van der Waals surface area contributed by atoms with E-state index in [2.05, 4.69) is 6.08 Å². The Morgan fingerprint density at radius 2 is 2.11 bits per heavy atom. The molecule has 0 fully saturated rings. The van der Waals surface area contributed by atoms with Gasteiger partial charge in [0, 0.05) is 4.90 Å². The zero-order valence-electron chi connectivity index (χ0n) is 10.6. The summed E-state index contributed by atoms with van der Waals surface area (Å²) in [5.41, 5.74) is 2.55. The van der Waals surface area contributed by atoms with Gasteiger partial charge < -0.3 is 5.11 Å². The van der Waals surface area contributed by atoms with Gasteiger partial charge in [0.05, 0.1) is 5.56 Å². The fourth-order valence-electron chi connectivity index (χ4n) is 2.37. The van der Waals surface area contributed by atoms with Crippen LogP contribution < -0.4 is 0 Å². The Balaban J connectivity index is 2.42. The molecule has 0 unspecified atom stereocenters. The summed E-state index contributed by atoms with van der Waals surface area (Å²) in [6.07, 6.45) is 9.87. The second-order valence-corrected chi connectivity index (χ2v) is 5.43. The first kappa shape index (κ1) is 13.2. The van der Waals surface area contributed by atoms with Gasteiger partial charge in [-0.2, -0.15) is 0 Å². The lowest BCUT2D eigenvalue weighted by molar-refractivity contribution is 0.0696. The van der Waals surface area contributed by atoms with Gasteiger partial charge in [-0.1, -0.05) is 18.6 Å². The van der Waals surface area contributed by atoms with Crippen LogP contribution in [0.1, 0.15) is 48.0 Å². The molecule has 0 spiro atoms. The molecule has 3 heteroatoms. The number of hydrogen-bond donors (Lipinski definition) is 1. The largest absolute Gasteiger partial charge is 0.478 e. The molecule has 1 aliphatic rings. The lowest BCUT2D eigenvalue weighted by atomic mass is 9.96. The van der Waals surface area contributed by atoms with Crippen LogP contribution in [-0.4, -0.2) is 17.3 Å². The topological polar surface area (TPSA) is 37.3 Å². The van der Waals surface area contributed by atoms with Crippen molar-refractivity contribution in [1.82, 2.24) is 0 Å². The van der Waals surface area contributed by atoms with Gasteiger partial charge in [-0.3, -0.25) is 0 Å². The third-order valence-electron chi connectivity index (χ3n) is 3.34. The Morgan fingerprint density at radius 3 is 2.83 bits per heavy atom. The van der Waals surface area contributed by atoms with E-state index in [4.69, 9.17) is 0 Å². The van der Waals surface area contributed by atoms with Crippen molar-refractivity contribution in [1.29, 1.82) is 0 Å². The smallest absolute Gasteiger partial charge is 0.336 e. The summed E-state index contributed by atoms with van der Waals surface area (Å²) in [5.74, 6) is -0.828. The van der Waals surface area contributed by atoms with E-state index in [0.717, 1.165) is 29.7 Å². The molecule has 96 valence electrons. The van der Waals surface area contributed by atoms with E-state index < -0.39 is 5.97 Å². The van der Waals surface area contributed by atoms with E-state index in [9.17, 15) is 9.90 Å². The van der Waals surface area contributed by atoms with Crippen molar-refractivity contribution in [3.8, 4) is 0 Å². The first-order valence-corrected chi connectivity index (χ1v) is 7.55. The Labute approximate surface area is 112 Å². The van der Waals surface area contributed by atoms with E-state index in [1.165, 1.54) is 18.4 Å². The highest BCUT2D eigenvalue weighted by molar-refractivity contribution is 7.98. The maximum Gasteiger partial charge on any atom is 0.336 e. The second-order valence-electron chi connectivity index (χ2n) is 4.55. The van der Waals surface area contributed by atoms with Crippen LogP contribution in [0.2, 0.25) is 0 Å². The molecule has 1 aliphatic carbocycles. The maximum absolute atomic E-state index is 11.4. The van der Waals surface area contributed by atoms with E-state index in [-0.39, 0.29) is 0 Å². The van der Waals surface area contributed by atoms with Crippen LogP contribution in [0.5, 0.6) is 0 Å². The molecule has 1 N–H and O–H groups in total. The summed E-state index contributed by atoms with van der Waals surface area (Å²) in [7, 11) is 0. The maximum atomic E-state index is 11.4. The highest BCUT2D eigenvalue weighted by Crippen LogP contribution is 2.30. The molecular weight excluding hydrogens is 244 g/mol. The zero-order chi connectivity index (χ0) is 13.0. The molecule has 0 atom stereocenters. The van der Waals surface area contributed by atoms with E-state index in [0.29, 0.717) is 5.56 Å². The molecule has 18 heavy (non-hydrogen) atoms. The van der Waals surface area contributed by atoms with Crippen molar-refractivity contribution in [2.24, 2.45) is 0 Å². The minimum absolute atomic E-state index is 0.440. The highest BCUT2D eigenvalue weighted by Gasteiger charge is 2.15. The second kappa shape index (κ2) is 6.10. The Bertz CT molecular complexity index is 477. The van der Waals surface area contributed by atoms with Gasteiger partial charge in [0.15, 0.2) is 0 Å².